The van der Waals surface area contributed by atoms with Crippen molar-refractivity contribution in [3.8, 4) is 0 Å². The van der Waals surface area contributed by atoms with E-state index in [1.165, 1.54) is 24.8 Å². The lowest BCUT2D eigenvalue weighted by Crippen LogP contribution is -2.20. The number of allylic oxidation sites excluding steroid dienone is 3. The van der Waals surface area contributed by atoms with Gasteiger partial charge in [-0.25, -0.2) is 0 Å². The Kier molecular flexibility index (Phi) is 3.58. The molecule has 0 heteroatoms. The lowest BCUT2D eigenvalue weighted by atomic mass is 9.75. The van der Waals surface area contributed by atoms with E-state index in [0.717, 1.165) is 12.3 Å². The maximum absolute atomic E-state index is 4.08. The van der Waals surface area contributed by atoms with Crippen molar-refractivity contribution in [2.24, 2.45) is 11.3 Å². The monoisotopic (exact) mass is 192 g/mol. The first-order chi connectivity index (χ1) is 6.48. The summed E-state index contributed by atoms with van der Waals surface area (Å²) in [6.07, 6.45) is 7.36. The predicted molar refractivity (Wildman–Crippen MR) is 64.3 cm³/mol. The molecule has 14 heavy (non-hydrogen) atoms. The standard InChI is InChI=1S/C14H24/c1-6-11(2)7-9-13-10-8-12(3)14(13,4)5/h8,13H,2,6-7,9-10H2,1,3-5H3. The van der Waals surface area contributed by atoms with Gasteiger partial charge in [0.15, 0.2) is 0 Å². The summed E-state index contributed by atoms with van der Waals surface area (Å²) in [4.78, 5) is 0. The smallest absolute Gasteiger partial charge is 0.0116 e. The molecule has 0 radical (unpaired) electrons. The van der Waals surface area contributed by atoms with E-state index in [9.17, 15) is 0 Å². The molecule has 1 aliphatic rings. The van der Waals surface area contributed by atoms with Crippen LogP contribution in [-0.2, 0) is 0 Å². The van der Waals surface area contributed by atoms with Crippen LogP contribution in [0.1, 0.15) is 53.4 Å². The summed E-state index contributed by atoms with van der Waals surface area (Å²) in [5, 5.41) is 0. The Labute approximate surface area is 89.1 Å². The average Bonchev–Trinajstić information content (AvgIpc) is 2.39. The van der Waals surface area contributed by atoms with Crippen LogP contribution in [0.3, 0.4) is 0 Å². The van der Waals surface area contributed by atoms with E-state index in [-0.39, 0.29) is 0 Å². The predicted octanol–water partition coefficient (Wildman–Crippen LogP) is 4.73. The Balaban J connectivity index is 2.45. The largest absolute Gasteiger partial charge is 0.0999 e. The topological polar surface area (TPSA) is 0 Å². The lowest BCUT2D eigenvalue weighted by molar-refractivity contribution is 0.275. The highest BCUT2D eigenvalue weighted by Crippen LogP contribution is 2.45. The van der Waals surface area contributed by atoms with Crippen LogP contribution in [0, 0.1) is 11.3 Å². The fraction of sp³-hybridized carbons (Fsp3) is 0.714. The zero-order chi connectivity index (χ0) is 10.8. The lowest BCUT2D eigenvalue weighted by Gasteiger charge is -2.29. The molecule has 1 rings (SSSR count). The summed E-state index contributed by atoms with van der Waals surface area (Å²) < 4.78 is 0. The molecule has 80 valence electrons. The van der Waals surface area contributed by atoms with Crippen LogP contribution < -0.4 is 0 Å². The second-order valence-corrected chi connectivity index (χ2v) is 5.18. The Bertz CT molecular complexity index is 243. The number of hydrogen-bond acceptors (Lipinski definition) is 0. The highest BCUT2D eigenvalue weighted by Gasteiger charge is 2.34. The van der Waals surface area contributed by atoms with Crippen molar-refractivity contribution in [1.82, 2.24) is 0 Å². The molecular formula is C14H24. The van der Waals surface area contributed by atoms with Crippen LogP contribution in [-0.4, -0.2) is 0 Å². The SMILES string of the molecule is C=C(CC)CCC1CC=C(C)C1(C)C. The van der Waals surface area contributed by atoms with Gasteiger partial charge in [0.2, 0.25) is 0 Å². The zero-order valence-corrected chi connectivity index (χ0v) is 10.2. The molecular weight excluding hydrogens is 168 g/mol. The van der Waals surface area contributed by atoms with Crippen molar-refractivity contribution in [2.75, 3.05) is 0 Å². The number of hydrogen-bond donors (Lipinski definition) is 0. The zero-order valence-electron chi connectivity index (χ0n) is 10.2. The maximum atomic E-state index is 4.08. The molecule has 0 bridgehead atoms. The van der Waals surface area contributed by atoms with Gasteiger partial charge in [0.05, 0.1) is 0 Å². The molecule has 1 atom stereocenters. The van der Waals surface area contributed by atoms with Gasteiger partial charge in [-0.05, 0) is 43.9 Å². The quantitative estimate of drug-likeness (QED) is 0.565. The highest BCUT2D eigenvalue weighted by molar-refractivity contribution is 5.18. The molecule has 0 aliphatic heterocycles. The van der Waals surface area contributed by atoms with Gasteiger partial charge in [-0.3, -0.25) is 0 Å². The van der Waals surface area contributed by atoms with Crippen molar-refractivity contribution in [1.29, 1.82) is 0 Å². The van der Waals surface area contributed by atoms with Crippen LogP contribution in [0.25, 0.3) is 0 Å². The van der Waals surface area contributed by atoms with E-state index in [1.54, 1.807) is 5.57 Å². The summed E-state index contributed by atoms with van der Waals surface area (Å²) >= 11 is 0. The fourth-order valence-electron chi connectivity index (χ4n) is 2.23. The summed E-state index contributed by atoms with van der Waals surface area (Å²) in [6, 6.07) is 0. The average molecular weight is 192 g/mol. The van der Waals surface area contributed by atoms with Gasteiger partial charge in [-0.1, -0.05) is 44.6 Å². The molecule has 0 saturated heterocycles. The molecule has 0 saturated carbocycles. The third-order valence-electron chi connectivity index (χ3n) is 4.09. The number of rotatable bonds is 4. The van der Waals surface area contributed by atoms with Crippen molar-refractivity contribution < 1.29 is 0 Å². The summed E-state index contributed by atoms with van der Waals surface area (Å²) in [7, 11) is 0. The third kappa shape index (κ3) is 2.29. The van der Waals surface area contributed by atoms with Gasteiger partial charge in [0, 0.05) is 0 Å². The molecule has 0 nitrogen and oxygen atoms in total. The van der Waals surface area contributed by atoms with Gasteiger partial charge in [0.25, 0.3) is 0 Å². The first-order valence-corrected chi connectivity index (χ1v) is 5.82. The van der Waals surface area contributed by atoms with E-state index in [1.807, 2.05) is 0 Å². The normalized spacial score (nSPS) is 24.9. The minimum Gasteiger partial charge on any atom is -0.0999 e. The van der Waals surface area contributed by atoms with Gasteiger partial charge in [-0.15, -0.1) is 0 Å². The molecule has 0 spiro atoms. The van der Waals surface area contributed by atoms with Gasteiger partial charge in [0.1, 0.15) is 0 Å². The second-order valence-electron chi connectivity index (χ2n) is 5.18. The minimum absolute atomic E-state index is 0.425. The molecule has 0 amide bonds. The summed E-state index contributed by atoms with van der Waals surface area (Å²) in [5.74, 6) is 0.839. The highest BCUT2D eigenvalue weighted by atomic mass is 14.4. The molecule has 0 aromatic rings. The van der Waals surface area contributed by atoms with Crippen LogP contribution in [0.5, 0.6) is 0 Å². The van der Waals surface area contributed by atoms with Crippen LogP contribution in [0.2, 0.25) is 0 Å². The molecule has 0 heterocycles. The molecule has 1 unspecified atom stereocenters. The van der Waals surface area contributed by atoms with E-state index >= 15 is 0 Å². The first-order valence-electron chi connectivity index (χ1n) is 5.82. The Morgan fingerprint density at radius 3 is 2.64 bits per heavy atom. The Hall–Kier alpha value is -0.520. The van der Waals surface area contributed by atoms with E-state index in [4.69, 9.17) is 0 Å². The summed E-state index contributed by atoms with van der Waals surface area (Å²) in [6.45, 7) is 13.3. The molecule has 1 aliphatic carbocycles. The van der Waals surface area contributed by atoms with Gasteiger partial charge >= 0.3 is 0 Å². The van der Waals surface area contributed by atoms with Crippen LogP contribution in [0.15, 0.2) is 23.8 Å². The molecule has 0 aromatic heterocycles. The first kappa shape index (κ1) is 11.6. The second kappa shape index (κ2) is 4.33. The van der Waals surface area contributed by atoms with Gasteiger partial charge < -0.3 is 0 Å². The van der Waals surface area contributed by atoms with Crippen molar-refractivity contribution in [3.05, 3.63) is 23.8 Å². The van der Waals surface area contributed by atoms with Crippen molar-refractivity contribution >= 4 is 0 Å². The van der Waals surface area contributed by atoms with E-state index < -0.39 is 0 Å². The van der Waals surface area contributed by atoms with Gasteiger partial charge in [-0.2, -0.15) is 0 Å². The van der Waals surface area contributed by atoms with Crippen LogP contribution in [0.4, 0.5) is 0 Å². The molecule has 0 aromatic carbocycles. The molecule has 0 N–H and O–H groups in total. The van der Waals surface area contributed by atoms with E-state index in [0.29, 0.717) is 5.41 Å². The van der Waals surface area contributed by atoms with E-state index in [2.05, 4.69) is 40.3 Å². The van der Waals surface area contributed by atoms with Crippen LogP contribution >= 0.6 is 0 Å². The minimum atomic E-state index is 0.425. The summed E-state index contributed by atoms with van der Waals surface area (Å²) in [5.41, 5.74) is 3.41. The molecule has 0 fully saturated rings. The Morgan fingerprint density at radius 1 is 1.57 bits per heavy atom. The third-order valence-corrected chi connectivity index (χ3v) is 4.09. The maximum Gasteiger partial charge on any atom is -0.0116 e. The van der Waals surface area contributed by atoms with Crippen molar-refractivity contribution in [3.63, 3.8) is 0 Å². The van der Waals surface area contributed by atoms with Crippen molar-refractivity contribution in [2.45, 2.75) is 53.4 Å². The fourth-order valence-corrected chi connectivity index (χ4v) is 2.23. The Morgan fingerprint density at radius 2 is 2.21 bits per heavy atom.